The van der Waals surface area contributed by atoms with Crippen LogP contribution in [0.5, 0.6) is 5.75 Å². The Labute approximate surface area is 150 Å². The van der Waals surface area contributed by atoms with Gasteiger partial charge in [-0.2, -0.15) is 31.8 Å². The van der Waals surface area contributed by atoms with E-state index in [0.29, 0.717) is 5.69 Å². The van der Waals surface area contributed by atoms with Crippen molar-refractivity contribution >= 4 is 10.1 Å². The van der Waals surface area contributed by atoms with E-state index in [4.69, 9.17) is 9.78 Å². The Morgan fingerprint density at radius 1 is 1.19 bits per heavy atom. The minimum Gasteiger partial charge on any atom is -0.376 e. The third-order valence-electron chi connectivity index (χ3n) is 3.09. The largest absolute Gasteiger partial charge is 0.534 e. The molecule has 0 bridgehead atoms. The van der Waals surface area contributed by atoms with Crippen LogP contribution in [0.25, 0.3) is 23.0 Å². The standard InChI is InChI=1S/C15H7F3N4O4S/c16-15(17,18)27(23,24)26-11-6-9(8-19)5-10(7-11)14-21-13(22-25-14)12-3-1-2-4-20-12/h1-7H. The Hall–Kier alpha value is -3.46. The highest BCUT2D eigenvalue weighted by molar-refractivity contribution is 7.88. The summed E-state index contributed by atoms with van der Waals surface area (Å²) < 4.78 is 68.9. The van der Waals surface area contributed by atoms with Gasteiger partial charge in [0.2, 0.25) is 5.82 Å². The first-order valence-electron chi connectivity index (χ1n) is 7.01. The molecule has 0 aliphatic rings. The van der Waals surface area contributed by atoms with Gasteiger partial charge in [0.1, 0.15) is 11.4 Å². The van der Waals surface area contributed by atoms with Crippen LogP contribution in [0.4, 0.5) is 13.2 Å². The van der Waals surface area contributed by atoms with E-state index in [2.05, 4.69) is 19.3 Å². The second-order valence-corrected chi connectivity index (χ2v) is 6.52. The van der Waals surface area contributed by atoms with Crippen molar-refractivity contribution in [3.63, 3.8) is 0 Å². The van der Waals surface area contributed by atoms with Crippen molar-refractivity contribution in [3.05, 3.63) is 48.2 Å². The SMILES string of the molecule is N#Cc1cc(OS(=O)(=O)C(F)(F)F)cc(-c2nc(-c3ccccn3)no2)c1. The van der Waals surface area contributed by atoms with E-state index in [9.17, 15) is 21.6 Å². The Morgan fingerprint density at radius 2 is 1.96 bits per heavy atom. The summed E-state index contributed by atoms with van der Waals surface area (Å²) in [6.07, 6.45) is 1.50. The number of halogens is 3. The summed E-state index contributed by atoms with van der Waals surface area (Å²) >= 11 is 0. The van der Waals surface area contributed by atoms with E-state index >= 15 is 0 Å². The number of pyridine rings is 1. The van der Waals surface area contributed by atoms with Gasteiger partial charge in [-0.1, -0.05) is 11.2 Å². The molecule has 1 aromatic carbocycles. The smallest absolute Gasteiger partial charge is 0.376 e. The normalized spacial score (nSPS) is 11.8. The molecule has 0 atom stereocenters. The van der Waals surface area contributed by atoms with Gasteiger partial charge >= 0.3 is 15.6 Å². The summed E-state index contributed by atoms with van der Waals surface area (Å²) in [6.45, 7) is 0. The second-order valence-electron chi connectivity index (χ2n) is 4.98. The molecule has 12 heteroatoms. The molecule has 2 aromatic heterocycles. The quantitative estimate of drug-likeness (QED) is 0.488. The van der Waals surface area contributed by atoms with Crippen LogP contribution in [0, 0.1) is 11.3 Å². The van der Waals surface area contributed by atoms with Crippen molar-refractivity contribution in [2.75, 3.05) is 0 Å². The molecule has 3 rings (SSSR count). The molecular weight excluding hydrogens is 389 g/mol. The summed E-state index contributed by atoms with van der Waals surface area (Å²) in [5, 5.41) is 12.7. The van der Waals surface area contributed by atoms with Crippen LogP contribution in [0.3, 0.4) is 0 Å². The van der Waals surface area contributed by atoms with E-state index in [1.54, 1.807) is 24.3 Å². The number of nitrogens with zero attached hydrogens (tertiary/aromatic N) is 4. The fourth-order valence-electron chi connectivity index (χ4n) is 1.95. The Bertz CT molecular complexity index is 1120. The predicted octanol–water partition coefficient (Wildman–Crippen LogP) is 2.90. The first-order chi connectivity index (χ1) is 12.7. The van der Waals surface area contributed by atoms with Gasteiger partial charge in [0.05, 0.1) is 11.6 Å². The van der Waals surface area contributed by atoms with E-state index in [1.807, 2.05) is 0 Å². The van der Waals surface area contributed by atoms with Crippen LogP contribution in [-0.2, 0) is 10.1 Å². The van der Waals surface area contributed by atoms with Crippen LogP contribution >= 0.6 is 0 Å². The first kappa shape index (κ1) is 18.3. The molecule has 3 aromatic rings. The average Bonchev–Trinajstić information content (AvgIpc) is 3.11. The number of alkyl halides is 3. The summed E-state index contributed by atoms with van der Waals surface area (Å²) in [4.78, 5) is 8.05. The average molecular weight is 396 g/mol. The fraction of sp³-hybridized carbons (Fsp3) is 0.0667. The molecule has 0 saturated carbocycles. The van der Waals surface area contributed by atoms with E-state index in [1.165, 1.54) is 12.3 Å². The van der Waals surface area contributed by atoms with Crippen LogP contribution < -0.4 is 4.18 Å². The maximum absolute atomic E-state index is 12.5. The Kier molecular flexibility index (Phi) is 4.54. The van der Waals surface area contributed by atoms with Gasteiger partial charge in [-0.25, -0.2) is 0 Å². The van der Waals surface area contributed by atoms with Gasteiger partial charge in [-0.15, -0.1) is 0 Å². The van der Waals surface area contributed by atoms with Gasteiger partial charge in [-0.3, -0.25) is 4.98 Å². The second kappa shape index (κ2) is 6.69. The number of nitriles is 1. The Morgan fingerprint density at radius 3 is 2.59 bits per heavy atom. The summed E-state index contributed by atoms with van der Waals surface area (Å²) in [7, 11) is -5.90. The number of hydrogen-bond acceptors (Lipinski definition) is 8. The third kappa shape index (κ3) is 3.87. The number of benzene rings is 1. The topological polar surface area (TPSA) is 119 Å². The minimum absolute atomic E-state index is 0.00361. The zero-order valence-corrected chi connectivity index (χ0v) is 13.8. The molecule has 0 radical (unpaired) electrons. The molecular formula is C15H7F3N4O4S. The van der Waals surface area contributed by atoms with Gasteiger partial charge in [0, 0.05) is 11.8 Å². The number of aromatic nitrogens is 3. The molecule has 27 heavy (non-hydrogen) atoms. The predicted molar refractivity (Wildman–Crippen MR) is 83.3 cm³/mol. The molecule has 0 aliphatic heterocycles. The summed E-state index contributed by atoms with van der Waals surface area (Å²) in [6, 6.07) is 9.63. The van der Waals surface area contributed by atoms with Crippen molar-refractivity contribution in [3.8, 4) is 34.8 Å². The molecule has 0 spiro atoms. The summed E-state index contributed by atoms with van der Waals surface area (Å²) in [5.74, 6) is -0.792. The molecule has 0 amide bonds. The maximum Gasteiger partial charge on any atom is 0.534 e. The van der Waals surface area contributed by atoms with Gasteiger partial charge < -0.3 is 8.71 Å². The minimum atomic E-state index is -5.90. The van der Waals surface area contributed by atoms with Crippen molar-refractivity contribution < 1.29 is 30.3 Å². The van der Waals surface area contributed by atoms with Crippen molar-refractivity contribution in [1.29, 1.82) is 5.26 Å². The fourth-order valence-corrected chi connectivity index (χ4v) is 2.39. The number of rotatable bonds is 4. The van der Waals surface area contributed by atoms with Gasteiger partial charge in [0.25, 0.3) is 5.89 Å². The first-order valence-corrected chi connectivity index (χ1v) is 8.42. The van der Waals surface area contributed by atoms with Crippen LogP contribution in [0.1, 0.15) is 5.56 Å². The highest BCUT2D eigenvalue weighted by Crippen LogP contribution is 2.31. The molecule has 0 N–H and O–H groups in total. The van der Waals surface area contributed by atoms with E-state index in [-0.39, 0.29) is 22.8 Å². The lowest BCUT2D eigenvalue weighted by molar-refractivity contribution is -0.0500. The lowest BCUT2D eigenvalue weighted by Crippen LogP contribution is -2.28. The molecule has 0 fully saturated rings. The number of hydrogen-bond donors (Lipinski definition) is 0. The summed E-state index contributed by atoms with van der Waals surface area (Å²) in [5.41, 5.74) is -5.42. The molecule has 8 nitrogen and oxygen atoms in total. The van der Waals surface area contributed by atoms with E-state index < -0.39 is 21.4 Å². The lowest BCUT2D eigenvalue weighted by atomic mass is 10.1. The highest BCUT2D eigenvalue weighted by atomic mass is 32.2. The van der Waals surface area contributed by atoms with Gasteiger partial charge in [0.15, 0.2) is 0 Å². The van der Waals surface area contributed by atoms with Crippen LogP contribution in [-0.4, -0.2) is 29.1 Å². The van der Waals surface area contributed by atoms with E-state index in [0.717, 1.165) is 12.1 Å². The van der Waals surface area contributed by atoms with Crippen LogP contribution in [0.15, 0.2) is 47.1 Å². The zero-order chi connectivity index (χ0) is 19.7. The third-order valence-corrected chi connectivity index (χ3v) is 4.07. The zero-order valence-electron chi connectivity index (χ0n) is 13.0. The Balaban J connectivity index is 2.00. The highest BCUT2D eigenvalue weighted by Gasteiger charge is 2.48. The van der Waals surface area contributed by atoms with Crippen molar-refractivity contribution in [1.82, 2.24) is 15.1 Å². The molecule has 2 heterocycles. The molecule has 0 saturated heterocycles. The van der Waals surface area contributed by atoms with Crippen molar-refractivity contribution in [2.45, 2.75) is 5.51 Å². The lowest BCUT2D eigenvalue weighted by Gasteiger charge is -2.10. The van der Waals surface area contributed by atoms with Crippen LogP contribution in [0.2, 0.25) is 0 Å². The monoisotopic (exact) mass is 396 g/mol. The van der Waals surface area contributed by atoms with Crippen molar-refractivity contribution in [2.24, 2.45) is 0 Å². The molecule has 138 valence electrons. The van der Waals surface area contributed by atoms with Gasteiger partial charge in [-0.05, 0) is 30.3 Å². The maximum atomic E-state index is 12.5. The molecule has 0 unspecified atom stereocenters. The molecule has 0 aliphatic carbocycles.